The first-order chi connectivity index (χ1) is 19.2. The fraction of sp³-hybridized carbons (Fsp3) is 0.308. The second-order valence-electron chi connectivity index (χ2n) is 8.79. The molecule has 0 fully saturated rings. The van der Waals surface area contributed by atoms with Gasteiger partial charge in [0.1, 0.15) is 18.2 Å². The van der Waals surface area contributed by atoms with E-state index in [1.807, 2.05) is 6.92 Å². The van der Waals surface area contributed by atoms with Gasteiger partial charge < -0.3 is 28.8 Å². The number of nitrogens with two attached hydrogens (primary N) is 1. The summed E-state index contributed by atoms with van der Waals surface area (Å²) in [7, 11) is -2.35. The van der Waals surface area contributed by atoms with Gasteiger partial charge in [-0.1, -0.05) is 24.3 Å². The molecule has 4 rings (SSSR count). The number of methoxy groups -OCH3 is 1. The van der Waals surface area contributed by atoms with Crippen LogP contribution >= 0.6 is 7.60 Å². The van der Waals surface area contributed by atoms with E-state index in [0.717, 1.165) is 5.56 Å². The Balaban J connectivity index is 1.37. The van der Waals surface area contributed by atoms with Crippen LogP contribution in [0, 0.1) is 12.7 Å². The number of ketones is 1. The standard InChI is InChI=1S/C26H29FN5O7P/c1-17-6-7-19(13-22(17)36-2)21(33)15-39-40(35,38-14-18-4-3-5-20(27)12-18)11-10-37-9-8-32-16-29-23-24(32)30-26(28)31-25(23)34/h3-7,12-13,16H,8-11,14-15H2,1-2H3,(H3,28,30,31,34). The van der Waals surface area contributed by atoms with Gasteiger partial charge in [0.25, 0.3) is 5.56 Å². The lowest BCUT2D eigenvalue weighted by atomic mass is 10.1. The SMILES string of the molecule is COc1cc(C(=O)COP(=O)(CCOCCn2cnc3c(=O)[nH]c(N)nc32)OCc2cccc(F)c2)ccc1C. The summed E-state index contributed by atoms with van der Waals surface area (Å²) >= 11 is 0. The Kier molecular flexibility index (Phi) is 9.43. The smallest absolute Gasteiger partial charge is 0.333 e. The molecule has 0 spiro atoms. The van der Waals surface area contributed by atoms with Gasteiger partial charge in [-0.25, -0.2) is 9.37 Å². The minimum atomic E-state index is -3.85. The third-order valence-corrected chi connectivity index (χ3v) is 7.69. The molecule has 0 saturated heterocycles. The summed E-state index contributed by atoms with van der Waals surface area (Å²) in [4.78, 5) is 35.2. The molecule has 4 aromatic rings. The summed E-state index contributed by atoms with van der Waals surface area (Å²) in [5.41, 5.74) is 7.26. The number of nitrogen functional groups attached to an aromatic ring is 1. The number of carbonyl (C=O) groups excluding carboxylic acids is 1. The van der Waals surface area contributed by atoms with Crippen LogP contribution in [0.15, 0.2) is 53.6 Å². The second kappa shape index (κ2) is 13.0. The van der Waals surface area contributed by atoms with Crippen LogP contribution in [0.4, 0.5) is 10.3 Å². The molecular weight excluding hydrogens is 544 g/mol. The highest BCUT2D eigenvalue weighted by atomic mass is 31.2. The number of hydrogen-bond acceptors (Lipinski definition) is 10. The van der Waals surface area contributed by atoms with Gasteiger partial charge in [-0.2, -0.15) is 4.98 Å². The average molecular weight is 574 g/mol. The van der Waals surface area contributed by atoms with Crippen molar-refractivity contribution in [3.63, 3.8) is 0 Å². The van der Waals surface area contributed by atoms with Crippen LogP contribution in [0.5, 0.6) is 5.75 Å². The number of ether oxygens (including phenoxy) is 2. The number of halogens is 1. The van der Waals surface area contributed by atoms with Crippen molar-refractivity contribution in [3.05, 3.63) is 81.7 Å². The van der Waals surface area contributed by atoms with Crippen molar-refractivity contribution in [2.45, 2.75) is 20.1 Å². The van der Waals surface area contributed by atoms with Crippen molar-refractivity contribution < 1.29 is 32.3 Å². The lowest BCUT2D eigenvalue weighted by Crippen LogP contribution is -2.15. The van der Waals surface area contributed by atoms with E-state index in [0.29, 0.717) is 22.5 Å². The quantitative estimate of drug-likeness (QED) is 0.130. The molecule has 0 aliphatic carbocycles. The maximum atomic E-state index is 13.6. The molecule has 0 radical (unpaired) electrons. The molecule has 1 atom stereocenters. The zero-order chi connectivity index (χ0) is 28.7. The van der Waals surface area contributed by atoms with Crippen molar-refractivity contribution in [1.82, 2.24) is 19.5 Å². The van der Waals surface area contributed by atoms with Crippen LogP contribution in [0.2, 0.25) is 0 Å². The predicted octanol–water partition coefficient (Wildman–Crippen LogP) is 3.48. The number of Topliss-reactive ketones (excluding diaryl/α,β-unsaturated/α-hetero) is 1. The molecule has 2 aromatic heterocycles. The first-order valence-electron chi connectivity index (χ1n) is 12.3. The van der Waals surface area contributed by atoms with E-state index in [1.165, 1.54) is 31.6 Å². The highest BCUT2D eigenvalue weighted by molar-refractivity contribution is 7.53. The predicted molar refractivity (Wildman–Crippen MR) is 145 cm³/mol. The molecule has 3 N–H and O–H groups in total. The van der Waals surface area contributed by atoms with E-state index in [9.17, 15) is 18.5 Å². The Morgan fingerprint density at radius 1 is 1.18 bits per heavy atom. The van der Waals surface area contributed by atoms with Crippen LogP contribution < -0.4 is 16.0 Å². The summed E-state index contributed by atoms with van der Waals surface area (Å²) in [5, 5.41) is 0. The molecule has 0 amide bonds. The van der Waals surface area contributed by atoms with Gasteiger partial charge in [0.15, 0.2) is 16.9 Å². The highest BCUT2D eigenvalue weighted by Crippen LogP contribution is 2.48. The molecule has 2 aromatic carbocycles. The number of nitrogens with one attached hydrogen (secondary N) is 1. The molecule has 212 valence electrons. The third kappa shape index (κ3) is 7.39. The highest BCUT2D eigenvalue weighted by Gasteiger charge is 2.27. The molecule has 2 heterocycles. The van der Waals surface area contributed by atoms with Crippen LogP contribution in [-0.2, 0) is 31.5 Å². The lowest BCUT2D eigenvalue weighted by molar-refractivity contribution is 0.0885. The number of imidazole rings is 1. The normalized spacial score (nSPS) is 12.9. The number of aromatic nitrogens is 4. The molecule has 14 heteroatoms. The van der Waals surface area contributed by atoms with E-state index in [2.05, 4.69) is 15.0 Å². The maximum absolute atomic E-state index is 13.6. The monoisotopic (exact) mass is 573 g/mol. The molecule has 0 aliphatic rings. The Morgan fingerprint density at radius 2 is 2.00 bits per heavy atom. The van der Waals surface area contributed by atoms with Crippen LogP contribution in [0.3, 0.4) is 0 Å². The topological polar surface area (TPSA) is 161 Å². The molecule has 1 unspecified atom stereocenters. The number of aryl methyl sites for hydroxylation is 1. The number of benzene rings is 2. The minimum Gasteiger partial charge on any atom is -0.496 e. The lowest BCUT2D eigenvalue weighted by Gasteiger charge is -2.19. The van der Waals surface area contributed by atoms with Gasteiger partial charge in [-0.05, 0) is 36.2 Å². The number of anilines is 1. The van der Waals surface area contributed by atoms with Gasteiger partial charge in [0.05, 0.1) is 39.4 Å². The summed E-state index contributed by atoms with van der Waals surface area (Å²) in [6.07, 6.45) is 1.28. The number of fused-ring (bicyclic) bond motifs is 1. The van der Waals surface area contributed by atoms with Crippen molar-refractivity contribution in [3.8, 4) is 5.75 Å². The largest absolute Gasteiger partial charge is 0.496 e. The molecular formula is C26H29FN5O7P. The minimum absolute atomic E-state index is 0.0320. The Morgan fingerprint density at radius 3 is 2.77 bits per heavy atom. The van der Waals surface area contributed by atoms with Crippen molar-refractivity contribution >= 4 is 30.5 Å². The first-order valence-corrected chi connectivity index (χ1v) is 14.0. The van der Waals surface area contributed by atoms with E-state index in [4.69, 9.17) is 24.3 Å². The molecule has 0 saturated carbocycles. The zero-order valence-corrected chi connectivity index (χ0v) is 22.9. The number of nitrogens with zero attached hydrogens (tertiary/aromatic N) is 3. The van der Waals surface area contributed by atoms with Crippen molar-refractivity contribution in [1.29, 1.82) is 0 Å². The van der Waals surface area contributed by atoms with Gasteiger partial charge in [0, 0.05) is 12.1 Å². The van der Waals surface area contributed by atoms with Gasteiger partial charge in [0.2, 0.25) is 5.95 Å². The van der Waals surface area contributed by atoms with Crippen LogP contribution in [-0.4, -0.2) is 58.4 Å². The van der Waals surface area contributed by atoms with Gasteiger partial charge in [-0.3, -0.25) is 19.1 Å². The van der Waals surface area contributed by atoms with E-state index in [-0.39, 0.29) is 44.0 Å². The van der Waals surface area contributed by atoms with E-state index < -0.39 is 31.4 Å². The molecule has 0 aliphatic heterocycles. The summed E-state index contributed by atoms with van der Waals surface area (Å²) in [5.74, 6) is -0.373. The first kappa shape index (κ1) is 29.1. The third-order valence-electron chi connectivity index (χ3n) is 5.92. The number of aromatic amines is 1. The summed E-state index contributed by atoms with van der Waals surface area (Å²) in [6.45, 7) is 1.57. The zero-order valence-electron chi connectivity index (χ0n) is 22.0. The Labute approximate surface area is 228 Å². The fourth-order valence-corrected chi connectivity index (χ4v) is 5.12. The number of H-pyrrole nitrogens is 1. The van der Waals surface area contributed by atoms with Crippen molar-refractivity contribution in [2.24, 2.45) is 0 Å². The van der Waals surface area contributed by atoms with E-state index >= 15 is 0 Å². The van der Waals surface area contributed by atoms with Gasteiger partial charge >= 0.3 is 7.60 Å². The van der Waals surface area contributed by atoms with E-state index in [1.54, 1.807) is 28.8 Å². The average Bonchev–Trinajstić information content (AvgIpc) is 3.34. The number of rotatable bonds is 14. The maximum Gasteiger partial charge on any atom is 0.333 e. The molecule has 0 bridgehead atoms. The fourth-order valence-electron chi connectivity index (χ4n) is 3.78. The number of hydrogen-bond donors (Lipinski definition) is 2. The molecule has 12 nitrogen and oxygen atoms in total. The summed E-state index contributed by atoms with van der Waals surface area (Å²) < 4.78 is 50.8. The second-order valence-corrected chi connectivity index (χ2v) is 11.0. The van der Waals surface area contributed by atoms with Crippen LogP contribution in [0.1, 0.15) is 21.5 Å². The Hall–Kier alpha value is -3.90. The summed E-state index contributed by atoms with van der Waals surface area (Å²) in [6, 6.07) is 10.6. The van der Waals surface area contributed by atoms with Gasteiger partial charge in [-0.15, -0.1) is 0 Å². The van der Waals surface area contributed by atoms with Crippen LogP contribution in [0.25, 0.3) is 11.2 Å². The Bertz CT molecular complexity index is 1610. The molecule has 40 heavy (non-hydrogen) atoms. The van der Waals surface area contributed by atoms with Crippen molar-refractivity contribution in [2.75, 3.05) is 38.8 Å². The number of carbonyl (C=O) groups is 1.